The second kappa shape index (κ2) is 13.5. The van der Waals surface area contributed by atoms with Crippen molar-refractivity contribution in [2.24, 2.45) is 0 Å². The minimum atomic E-state index is -0.876. The van der Waals surface area contributed by atoms with Crippen molar-refractivity contribution in [3.8, 4) is 28.1 Å². The quantitative estimate of drug-likeness (QED) is 0.220. The predicted molar refractivity (Wildman–Crippen MR) is 154 cm³/mol. The first-order chi connectivity index (χ1) is 19.3. The van der Waals surface area contributed by atoms with Crippen molar-refractivity contribution in [1.82, 2.24) is 15.1 Å². The predicted octanol–water partition coefficient (Wildman–Crippen LogP) is 6.26. The monoisotopic (exact) mass is 541 g/mol. The minimum absolute atomic E-state index is 0.00258. The molecule has 2 N–H and O–H groups in total. The normalized spacial score (nSPS) is 10.9. The molecule has 40 heavy (non-hydrogen) atoms. The van der Waals surface area contributed by atoms with Crippen LogP contribution in [0.5, 0.6) is 5.75 Å². The van der Waals surface area contributed by atoms with Crippen molar-refractivity contribution in [3.05, 3.63) is 95.7 Å². The summed E-state index contributed by atoms with van der Waals surface area (Å²) in [5.41, 5.74) is 6.96. The van der Waals surface area contributed by atoms with E-state index in [0.29, 0.717) is 25.3 Å². The fourth-order valence-corrected chi connectivity index (χ4v) is 4.43. The van der Waals surface area contributed by atoms with Gasteiger partial charge in [-0.1, -0.05) is 60.7 Å². The number of hydrogen-bond donors (Lipinski definition) is 2. The Morgan fingerprint density at radius 3 is 2.33 bits per heavy atom. The number of amides is 1. The van der Waals surface area contributed by atoms with Crippen LogP contribution in [0.2, 0.25) is 0 Å². The molecule has 0 aliphatic rings. The van der Waals surface area contributed by atoms with Gasteiger partial charge in [-0.15, -0.1) is 0 Å². The third-order valence-electron chi connectivity index (χ3n) is 6.31. The number of rotatable bonds is 12. The highest BCUT2D eigenvalue weighted by molar-refractivity contribution is 5.69. The highest BCUT2D eigenvalue weighted by Crippen LogP contribution is 2.26. The van der Waals surface area contributed by atoms with Gasteiger partial charge in [-0.2, -0.15) is 5.10 Å². The van der Waals surface area contributed by atoms with E-state index in [-0.39, 0.29) is 19.1 Å². The first kappa shape index (κ1) is 28.4. The average molecular weight is 542 g/mol. The number of benzene rings is 3. The second-order valence-corrected chi connectivity index (χ2v) is 9.82. The summed E-state index contributed by atoms with van der Waals surface area (Å²) in [6.45, 7) is 6.65. The summed E-state index contributed by atoms with van der Waals surface area (Å²) in [7, 11) is 0. The zero-order valence-electron chi connectivity index (χ0n) is 23.1. The number of hydrogen-bond acceptors (Lipinski definition) is 5. The van der Waals surface area contributed by atoms with Crippen LogP contribution in [0, 0.1) is 6.92 Å². The number of alkyl carbamates (subject to hydrolysis) is 1. The number of aliphatic carboxylic acids is 1. The van der Waals surface area contributed by atoms with Crippen LogP contribution >= 0.6 is 0 Å². The van der Waals surface area contributed by atoms with Crippen molar-refractivity contribution >= 4 is 12.1 Å². The van der Waals surface area contributed by atoms with Crippen molar-refractivity contribution in [2.45, 2.75) is 52.8 Å². The summed E-state index contributed by atoms with van der Waals surface area (Å²) in [6.07, 6.45) is -0.412. The van der Waals surface area contributed by atoms with Gasteiger partial charge in [0.1, 0.15) is 12.4 Å². The second-order valence-electron chi connectivity index (χ2n) is 9.82. The van der Waals surface area contributed by atoms with E-state index in [1.807, 2.05) is 48.0 Å². The SMILES string of the molecule is Cc1cc(-c2ccc(-c3ccccc3)cc2)n(CCOc2ccc(CCC(=O)O)c(CNC(=O)OC(C)C)c2)n1. The van der Waals surface area contributed by atoms with Gasteiger partial charge in [-0.05, 0) is 73.2 Å². The molecule has 0 aliphatic heterocycles. The van der Waals surface area contributed by atoms with Gasteiger partial charge in [0.05, 0.1) is 24.0 Å². The molecule has 0 radical (unpaired) electrons. The molecule has 0 fully saturated rings. The lowest BCUT2D eigenvalue weighted by Gasteiger charge is -2.15. The molecule has 0 unspecified atom stereocenters. The summed E-state index contributed by atoms with van der Waals surface area (Å²) >= 11 is 0. The van der Waals surface area contributed by atoms with Gasteiger partial charge >= 0.3 is 12.1 Å². The van der Waals surface area contributed by atoms with E-state index in [9.17, 15) is 9.59 Å². The standard InChI is InChI=1S/C32H35N3O5/c1-22(2)40-32(38)33-21-28-20-29(15-13-26(28)14-16-31(36)37)39-18-17-35-30(19-23(3)34-35)27-11-9-25(10-12-27)24-7-5-4-6-8-24/h4-13,15,19-20,22H,14,16-18,21H2,1-3H3,(H,33,38)(H,36,37). The number of aromatic nitrogens is 2. The molecule has 1 heterocycles. The van der Waals surface area contributed by atoms with Gasteiger partial charge in [0.2, 0.25) is 0 Å². The summed E-state index contributed by atoms with van der Waals surface area (Å²) in [6, 6.07) is 26.3. The maximum Gasteiger partial charge on any atom is 0.407 e. The number of carbonyl (C=O) groups is 2. The number of aryl methyl sites for hydroxylation is 2. The molecular weight excluding hydrogens is 506 g/mol. The molecule has 0 saturated carbocycles. The summed E-state index contributed by atoms with van der Waals surface area (Å²) in [5.74, 6) is -0.246. The Bertz CT molecular complexity index is 1430. The van der Waals surface area contributed by atoms with E-state index in [1.54, 1.807) is 13.8 Å². The third kappa shape index (κ3) is 7.96. The lowest BCUT2D eigenvalue weighted by molar-refractivity contribution is -0.136. The molecule has 0 atom stereocenters. The molecule has 208 valence electrons. The average Bonchev–Trinajstić information content (AvgIpc) is 3.31. The Kier molecular flexibility index (Phi) is 9.57. The van der Waals surface area contributed by atoms with E-state index in [2.05, 4.69) is 52.9 Å². The van der Waals surface area contributed by atoms with Crippen LogP contribution in [0.3, 0.4) is 0 Å². The maximum atomic E-state index is 12.0. The van der Waals surface area contributed by atoms with Crippen LogP contribution in [0.25, 0.3) is 22.4 Å². The molecule has 0 aliphatic carbocycles. The van der Waals surface area contributed by atoms with Crippen LogP contribution in [-0.4, -0.2) is 39.7 Å². The van der Waals surface area contributed by atoms with Crippen LogP contribution in [0.4, 0.5) is 4.79 Å². The van der Waals surface area contributed by atoms with Crippen LogP contribution in [-0.2, 0) is 29.0 Å². The molecule has 3 aromatic carbocycles. The van der Waals surface area contributed by atoms with Gasteiger partial charge in [-0.3, -0.25) is 9.48 Å². The smallest absolute Gasteiger partial charge is 0.407 e. The lowest BCUT2D eigenvalue weighted by atomic mass is 10.0. The minimum Gasteiger partial charge on any atom is -0.492 e. The number of carboxylic acid groups (broad SMARTS) is 1. The third-order valence-corrected chi connectivity index (χ3v) is 6.31. The maximum absolute atomic E-state index is 12.0. The highest BCUT2D eigenvalue weighted by Gasteiger charge is 2.12. The summed E-state index contributed by atoms with van der Waals surface area (Å²) in [4.78, 5) is 23.1. The van der Waals surface area contributed by atoms with Crippen molar-refractivity contribution in [1.29, 1.82) is 0 Å². The van der Waals surface area contributed by atoms with E-state index in [1.165, 1.54) is 5.56 Å². The van der Waals surface area contributed by atoms with Crippen LogP contribution < -0.4 is 10.1 Å². The van der Waals surface area contributed by atoms with E-state index >= 15 is 0 Å². The van der Waals surface area contributed by atoms with Gasteiger partial charge in [0, 0.05) is 13.0 Å². The number of carbonyl (C=O) groups excluding carboxylic acids is 1. The molecule has 8 nitrogen and oxygen atoms in total. The summed E-state index contributed by atoms with van der Waals surface area (Å²) < 4.78 is 13.1. The topological polar surface area (TPSA) is 103 Å². The number of carboxylic acids is 1. The van der Waals surface area contributed by atoms with Gasteiger partial charge in [-0.25, -0.2) is 4.79 Å². The Balaban J connectivity index is 1.43. The van der Waals surface area contributed by atoms with Crippen molar-refractivity contribution in [3.63, 3.8) is 0 Å². The zero-order chi connectivity index (χ0) is 28.5. The number of nitrogens with one attached hydrogen (secondary N) is 1. The van der Waals surface area contributed by atoms with Gasteiger partial charge in [0.15, 0.2) is 0 Å². The van der Waals surface area contributed by atoms with Gasteiger partial charge < -0.3 is 19.9 Å². The Morgan fingerprint density at radius 1 is 0.925 bits per heavy atom. The molecule has 1 aromatic heterocycles. The highest BCUT2D eigenvalue weighted by atomic mass is 16.6. The molecule has 0 bridgehead atoms. The number of ether oxygens (including phenoxy) is 2. The molecule has 4 aromatic rings. The molecule has 1 amide bonds. The Labute approximate surface area is 234 Å². The van der Waals surface area contributed by atoms with E-state index in [4.69, 9.17) is 14.6 Å². The molecule has 8 heteroatoms. The van der Waals surface area contributed by atoms with E-state index < -0.39 is 12.1 Å². The fourth-order valence-electron chi connectivity index (χ4n) is 4.43. The van der Waals surface area contributed by atoms with E-state index in [0.717, 1.165) is 33.6 Å². The van der Waals surface area contributed by atoms with Crippen LogP contribution in [0.1, 0.15) is 37.1 Å². The molecule has 0 saturated heterocycles. The summed E-state index contributed by atoms with van der Waals surface area (Å²) in [5, 5.41) is 16.5. The molecular formula is C32H35N3O5. The van der Waals surface area contributed by atoms with Crippen molar-refractivity contribution < 1.29 is 24.2 Å². The zero-order valence-corrected chi connectivity index (χ0v) is 23.1. The lowest BCUT2D eigenvalue weighted by Crippen LogP contribution is -2.26. The first-order valence-corrected chi connectivity index (χ1v) is 13.4. The van der Waals surface area contributed by atoms with Gasteiger partial charge in [0.25, 0.3) is 0 Å². The first-order valence-electron chi connectivity index (χ1n) is 13.4. The molecule has 4 rings (SSSR count). The Morgan fingerprint density at radius 2 is 1.62 bits per heavy atom. The fraction of sp³-hybridized carbons (Fsp3) is 0.281. The number of nitrogens with zero attached hydrogens (tertiary/aromatic N) is 2. The van der Waals surface area contributed by atoms with Crippen LogP contribution in [0.15, 0.2) is 78.9 Å². The molecule has 0 spiro atoms. The Hall–Kier alpha value is -4.59. The largest absolute Gasteiger partial charge is 0.492 e. The van der Waals surface area contributed by atoms with Crippen molar-refractivity contribution in [2.75, 3.05) is 6.61 Å².